The molecule has 0 aliphatic carbocycles. The maximum Gasteiger partial charge on any atom is 0.245 e. The number of nitrogens with zero attached hydrogens (tertiary/aromatic N) is 1. The van der Waals surface area contributed by atoms with Gasteiger partial charge in [0.1, 0.15) is 4.90 Å². The third kappa shape index (κ3) is 6.98. The molecule has 0 saturated carbocycles. The zero-order valence-electron chi connectivity index (χ0n) is 23.5. The van der Waals surface area contributed by atoms with Gasteiger partial charge in [-0.15, -0.1) is 0 Å². The number of nitrogens with one attached hydrogen (secondary N) is 2. The average molecular weight is 548 g/mol. The normalized spacial score (nSPS) is 16.1. The Morgan fingerprint density at radius 3 is 2.13 bits per heavy atom. The Kier molecular flexibility index (Phi) is 9.67. The van der Waals surface area contributed by atoms with Crippen molar-refractivity contribution in [1.29, 1.82) is 0 Å². The summed E-state index contributed by atoms with van der Waals surface area (Å²) in [6, 6.07) is 11.6. The van der Waals surface area contributed by atoms with E-state index >= 15 is 0 Å². The highest BCUT2D eigenvalue weighted by Crippen LogP contribution is 2.46. The highest BCUT2D eigenvalue weighted by Gasteiger charge is 2.36. The lowest BCUT2D eigenvalue weighted by molar-refractivity contribution is -0.124. The molecule has 0 spiro atoms. The fourth-order valence-electron chi connectivity index (χ4n) is 4.79. The maximum atomic E-state index is 13.8. The first-order chi connectivity index (χ1) is 17.9. The van der Waals surface area contributed by atoms with Crippen molar-refractivity contribution in [3.05, 3.63) is 47.5 Å². The lowest BCUT2D eigenvalue weighted by atomic mass is 9.98. The molecule has 2 aromatic rings. The molecule has 1 aliphatic heterocycles. The van der Waals surface area contributed by atoms with Gasteiger partial charge in [-0.1, -0.05) is 30.3 Å². The summed E-state index contributed by atoms with van der Waals surface area (Å²) >= 11 is 0. The van der Waals surface area contributed by atoms with Gasteiger partial charge < -0.3 is 19.5 Å². The van der Waals surface area contributed by atoms with Gasteiger partial charge in [0.25, 0.3) is 0 Å². The summed E-state index contributed by atoms with van der Waals surface area (Å²) in [5, 5.41) is 3.20. The van der Waals surface area contributed by atoms with E-state index in [1.165, 1.54) is 21.3 Å². The number of sulfonamides is 1. The van der Waals surface area contributed by atoms with Crippen LogP contribution in [0.1, 0.15) is 57.6 Å². The molecule has 0 radical (unpaired) electrons. The number of likely N-dealkylation sites (tertiary alicyclic amines) is 1. The SMILES string of the molecule is COc1cc(C(C)C(=O)NC(Cc2ccccc2)N2CCCC2)c(S(=O)(=O)NC(C)(C)C)c(OC)c1OC. The maximum absolute atomic E-state index is 13.8. The van der Waals surface area contributed by atoms with E-state index in [0.717, 1.165) is 31.5 Å². The van der Waals surface area contributed by atoms with Crippen LogP contribution in [-0.4, -0.2) is 65.3 Å². The van der Waals surface area contributed by atoms with Crippen LogP contribution >= 0.6 is 0 Å². The van der Waals surface area contributed by atoms with Crippen molar-refractivity contribution in [3.63, 3.8) is 0 Å². The molecule has 2 aromatic carbocycles. The van der Waals surface area contributed by atoms with E-state index in [-0.39, 0.29) is 39.8 Å². The molecule has 0 bridgehead atoms. The lowest BCUT2D eigenvalue weighted by Crippen LogP contribution is -2.49. The lowest BCUT2D eigenvalue weighted by Gasteiger charge is -2.30. The van der Waals surface area contributed by atoms with E-state index < -0.39 is 21.5 Å². The third-order valence-corrected chi connectivity index (χ3v) is 8.38. The van der Waals surface area contributed by atoms with Gasteiger partial charge in [-0.05, 0) is 57.7 Å². The topological polar surface area (TPSA) is 106 Å². The molecular weight excluding hydrogens is 506 g/mol. The van der Waals surface area contributed by atoms with Crippen molar-refractivity contribution in [1.82, 2.24) is 14.9 Å². The van der Waals surface area contributed by atoms with Crippen LogP contribution in [0.5, 0.6) is 17.2 Å². The molecule has 1 heterocycles. The second kappa shape index (κ2) is 12.4. The van der Waals surface area contributed by atoms with E-state index in [4.69, 9.17) is 14.2 Å². The second-order valence-corrected chi connectivity index (χ2v) is 12.2. The molecule has 1 saturated heterocycles. The predicted octanol–water partition coefficient (Wildman–Crippen LogP) is 3.67. The minimum Gasteiger partial charge on any atom is -0.493 e. The van der Waals surface area contributed by atoms with Gasteiger partial charge in [0.2, 0.25) is 21.7 Å². The third-order valence-electron chi connectivity index (χ3n) is 6.54. The number of carbonyl (C=O) groups is 1. The number of methoxy groups -OCH3 is 3. The Hall–Kier alpha value is -2.82. The zero-order chi connectivity index (χ0) is 28.1. The highest BCUT2D eigenvalue weighted by atomic mass is 32.2. The van der Waals surface area contributed by atoms with Crippen molar-refractivity contribution in [3.8, 4) is 17.2 Å². The summed E-state index contributed by atoms with van der Waals surface area (Å²) in [6.07, 6.45) is 2.57. The van der Waals surface area contributed by atoms with Crippen LogP contribution in [0.2, 0.25) is 0 Å². The highest BCUT2D eigenvalue weighted by molar-refractivity contribution is 7.89. The zero-order valence-corrected chi connectivity index (χ0v) is 24.3. The Balaban J connectivity index is 2.06. The van der Waals surface area contributed by atoms with Gasteiger partial charge in [0, 0.05) is 25.0 Å². The van der Waals surface area contributed by atoms with E-state index in [1.54, 1.807) is 33.8 Å². The smallest absolute Gasteiger partial charge is 0.245 e. The van der Waals surface area contributed by atoms with Gasteiger partial charge in [-0.2, -0.15) is 0 Å². The molecule has 2 unspecified atom stereocenters. The average Bonchev–Trinajstić information content (AvgIpc) is 3.40. The number of hydrogen-bond donors (Lipinski definition) is 2. The monoisotopic (exact) mass is 547 g/mol. The Bertz CT molecular complexity index is 1210. The molecule has 10 heteroatoms. The molecule has 38 heavy (non-hydrogen) atoms. The number of carbonyl (C=O) groups excluding carboxylic acids is 1. The van der Waals surface area contributed by atoms with Crippen molar-refractivity contribution in [2.24, 2.45) is 0 Å². The molecular formula is C28H41N3O6S. The second-order valence-electron chi connectivity index (χ2n) is 10.6. The number of ether oxygens (including phenoxy) is 3. The molecule has 0 aromatic heterocycles. The van der Waals surface area contributed by atoms with Crippen molar-refractivity contribution in [2.75, 3.05) is 34.4 Å². The molecule has 9 nitrogen and oxygen atoms in total. The summed E-state index contributed by atoms with van der Waals surface area (Å²) in [6.45, 7) is 8.72. The van der Waals surface area contributed by atoms with Crippen LogP contribution in [0.4, 0.5) is 0 Å². The van der Waals surface area contributed by atoms with E-state index in [1.807, 2.05) is 30.3 Å². The molecule has 2 N–H and O–H groups in total. The first-order valence-electron chi connectivity index (χ1n) is 12.9. The van der Waals surface area contributed by atoms with Crippen LogP contribution in [-0.2, 0) is 21.2 Å². The number of rotatable bonds is 11. The first-order valence-corrected chi connectivity index (χ1v) is 14.3. The number of hydrogen-bond acceptors (Lipinski definition) is 7. The fraction of sp³-hybridized carbons (Fsp3) is 0.536. The van der Waals surface area contributed by atoms with Gasteiger partial charge in [-0.3, -0.25) is 9.69 Å². The number of amides is 1. The van der Waals surface area contributed by atoms with E-state index in [9.17, 15) is 13.2 Å². The molecule has 1 fully saturated rings. The summed E-state index contributed by atoms with van der Waals surface area (Å²) in [5.41, 5.74) is 0.604. The van der Waals surface area contributed by atoms with Crippen molar-refractivity contribution < 1.29 is 27.4 Å². The van der Waals surface area contributed by atoms with Crippen LogP contribution < -0.4 is 24.2 Å². The molecule has 1 aliphatic rings. The minimum absolute atomic E-state index is 0.0152. The molecule has 3 rings (SSSR count). The van der Waals surface area contributed by atoms with E-state index in [2.05, 4.69) is 14.9 Å². The van der Waals surface area contributed by atoms with Crippen LogP contribution in [0.15, 0.2) is 41.3 Å². The predicted molar refractivity (Wildman–Crippen MR) is 147 cm³/mol. The van der Waals surface area contributed by atoms with Gasteiger partial charge >= 0.3 is 0 Å². The quantitative estimate of drug-likeness (QED) is 0.442. The largest absolute Gasteiger partial charge is 0.493 e. The Labute approximate surface area is 226 Å². The van der Waals surface area contributed by atoms with Gasteiger partial charge in [-0.25, -0.2) is 13.1 Å². The van der Waals surface area contributed by atoms with Gasteiger partial charge in [0.15, 0.2) is 11.5 Å². The van der Waals surface area contributed by atoms with Crippen LogP contribution in [0.3, 0.4) is 0 Å². The fourth-order valence-corrected chi connectivity index (χ4v) is 6.67. The minimum atomic E-state index is -4.12. The van der Waals surface area contributed by atoms with Crippen molar-refractivity contribution in [2.45, 2.75) is 69.5 Å². The van der Waals surface area contributed by atoms with E-state index in [0.29, 0.717) is 6.42 Å². The summed E-state index contributed by atoms with van der Waals surface area (Å²) in [7, 11) is 0.111. The molecule has 2 atom stereocenters. The summed E-state index contributed by atoms with van der Waals surface area (Å²) in [4.78, 5) is 15.9. The van der Waals surface area contributed by atoms with Crippen LogP contribution in [0.25, 0.3) is 0 Å². The first kappa shape index (κ1) is 29.7. The summed E-state index contributed by atoms with van der Waals surface area (Å²) < 4.78 is 46.6. The standard InChI is InChI=1S/C28H41N3O6S/c1-19(27(32)29-23(31-15-11-12-16-31)17-20-13-9-8-10-14-20)21-18-22(35-5)24(36-6)25(37-7)26(21)38(33,34)30-28(2,3)4/h8-10,13-14,18-19,23,30H,11-12,15-17H2,1-7H3,(H,29,32). The summed E-state index contributed by atoms with van der Waals surface area (Å²) in [5.74, 6) is -0.734. The van der Waals surface area contributed by atoms with Crippen LogP contribution in [0, 0.1) is 0 Å². The van der Waals surface area contributed by atoms with Gasteiger partial charge in [0.05, 0.1) is 33.4 Å². The Morgan fingerprint density at radius 1 is 1.00 bits per heavy atom. The molecule has 1 amide bonds. The Morgan fingerprint density at radius 2 is 1.61 bits per heavy atom. The number of benzene rings is 2. The molecule has 210 valence electrons. The van der Waals surface area contributed by atoms with Crippen molar-refractivity contribution >= 4 is 15.9 Å².